The minimum absolute atomic E-state index is 0.360. The van der Waals surface area contributed by atoms with Crippen molar-refractivity contribution in [1.82, 2.24) is 15.3 Å². The van der Waals surface area contributed by atoms with Gasteiger partial charge in [-0.05, 0) is 38.6 Å². The van der Waals surface area contributed by atoms with E-state index < -0.39 is 0 Å². The molecule has 1 unspecified atom stereocenters. The van der Waals surface area contributed by atoms with Crippen molar-refractivity contribution in [2.24, 2.45) is 0 Å². The summed E-state index contributed by atoms with van der Waals surface area (Å²) in [6, 6.07) is 1.09. The average molecular weight is 223 g/mol. The summed E-state index contributed by atoms with van der Waals surface area (Å²) < 4.78 is 0. The Morgan fingerprint density at radius 2 is 2.00 bits per heavy atom. The summed E-state index contributed by atoms with van der Waals surface area (Å²) in [5.74, 6) is 0.360. The molecular weight excluding hydrogens is 202 g/mol. The van der Waals surface area contributed by atoms with E-state index in [4.69, 9.17) is 0 Å². The van der Waals surface area contributed by atoms with E-state index in [0.717, 1.165) is 32.5 Å². The fourth-order valence-corrected chi connectivity index (χ4v) is 2.94. The molecule has 0 spiro atoms. The smallest absolute Gasteiger partial charge is 0.237 e. The molecule has 3 rings (SSSR count). The maximum atomic E-state index is 12.0. The molecule has 0 bridgehead atoms. The van der Waals surface area contributed by atoms with Crippen LogP contribution in [0.15, 0.2) is 0 Å². The molecule has 90 valence electrons. The van der Waals surface area contributed by atoms with Crippen molar-refractivity contribution in [2.45, 2.75) is 50.6 Å². The summed E-state index contributed by atoms with van der Waals surface area (Å²) in [5.41, 5.74) is 0. The lowest BCUT2D eigenvalue weighted by Gasteiger charge is -2.45. The first-order chi connectivity index (χ1) is 7.86. The largest absolute Gasteiger partial charge is 0.315 e. The number of piperidine rings is 1. The summed E-state index contributed by atoms with van der Waals surface area (Å²) >= 11 is 0. The second-order valence-electron chi connectivity index (χ2n) is 5.24. The van der Waals surface area contributed by atoms with E-state index in [0.29, 0.717) is 18.0 Å². The second kappa shape index (κ2) is 4.34. The highest BCUT2D eigenvalue weighted by Crippen LogP contribution is 2.33. The molecular formula is C12H21N3O. The van der Waals surface area contributed by atoms with Gasteiger partial charge in [-0.15, -0.1) is 0 Å². The molecule has 0 aromatic rings. The van der Waals surface area contributed by atoms with Crippen LogP contribution in [0.25, 0.3) is 0 Å². The monoisotopic (exact) mass is 223 g/mol. The topological polar surface area (TPSA) is 35.6 Å². The highest BCUT2D eigenvalue weighted by molar-refractivity contribution is 5.77. The zero-order valence-corrected chi connectivity index (χ0v) is 9.82. The van der Waals surface area contributed by atoms with E-state index in [2.05, 4.69) is 15.3 Å². The summed E-state index contributed by atoms with van der Waals surface area (Å²) in [5, 5.41) is 7.92. The van der Waals surface area contributed by atoms with Crippen LogP contribution in [0.3, 0.4) is 0 Å². The van der Waals surface area contributed by atoms with E-state index >= 15 is 0 Å². The Balaban J connectivity index is 1.71. The summed E-state index contributed by atoms with van der Waals surface area (Å²) in [6.45, 7) is 3.27. The SMILES string of the molecule is O=C1CCCN(C2CCCNC2)N1C1CC1. The first-order valence-corrected chi connectivity index (χ1v) is 6.65. The van der Waals surface area contributed by atoms with Crippen molar-refractivity contribution in [2.75, 3.05) is 19.6 Å². The molecule has 16 heavy (non-hydrogen) atoms. The number of carbonyl (C=O) groups excluding carboxylic acids is 1. The number of nitrogens with one attached hydrogen (secondary N) is 1. The molecule has 0 aromatic heterocycles. The number of hydrazine groups is 1. The summed E-state index contributed by atoms with van der Waals surface area (Å²) in [7, 11) is 0. The molecule has 2 aliphatic heterocycles. The summed E-state index contributed by atoms with van der Waals surface area (Å²) in [6.07, 6.45) is 6.70. The van der Waals surface area contributed by atoms with Gasteiger partial charge in [0, 0.05) is 31.6 Å². The normalized spacial score (nSPS) is 33.1. The average Bonchev–Trinajstić information content (AvgIpc) is 3.14. The number of carbonyl (C=O) groups is 1. The van der Waals surface area contributed by atoms with Gasteiger partial charge in [-0.1, -0.05) is 0 Å². The minimum atomic E-state index is 0.360. The highest BCUT2D eigenvalue weighted by Gasteiger charge is 2.41. The van der Waals surface area contributed by atoms with E-state index in [1.165, 1.54) is 25.7 Å². The van der Waals surface area contributed by atoms with Crippen molar-refractivity contribution in [3.63, 3.8) is 0 Å². The fourth-order valence-electron chi connectivity index (χ4n) is 2.94. The Labute approximate surface area is 96.9 Å². The van der Waals surface area contributed by atoms with Crippen molar-refractivity contribution in [1.29, 1.82) is 0 Å². The van der Waals surface area contributed by atoms with E-state index in [1.54, 1.807) is 0 Å². The Kier molecular flexibility index (Phi) is 2.86. The quantitative estimate of drug-likeness (QED) is 0.750. The first-order valence-electron chi connectivity index (χ1n) is 6.65. The number of rotatable bonds is 2. The van der Waals surface area contributed by atoms with Gasteiger partial charge in [-0.3, -0.25) is 9.80 Å². The predicted octanol–water partition coefficient (Wildman–Crippen LogP) is 0.740. The molecule has 3 aliphatic rings. The van der Waals surface area contributed by atoms with Gasteiger partial charge in [-0.2, -0.15) is 0 Å². The van der Waals surface area contributed by atoms with Gasteiger partial charge in [0.05, 0.1) is 0 Å². The number of nitrogens with zero attached hydrogens (tertiary/aromatic N) is 2. The molecule has 0 radical (unpaired) electrons. The molecule has 1 saturated carbocycles. The molecule has 4 nitrogen and oxygen atoms in total. The molecule has 4 heteroatoms. The first kappa shape index (κ1) is 10.5. The highest BCUT2D eigenvalue weighted by atomic mass is 16.2. The lowest BCUT2D eigenvalue weighted by atomic mass is 10.1. The Bertz CT molecular complexity index is 271. The van der Waals surface area contributed by atoms with Crippen LogP contribution in [0.4, 0.5) is 0 Å². The van der Waals surface area contributed by atoms with Gasteiger partial charge in [0.1, 0.15) is 0 Å². The van der Waals surface area contributed by atoms with Crippen LogP contribution in [-0.4, -0.2) is 47.6 Å². The third-order valence-electron chi connectivity index (χ3n) is 3.90. The van der Waals surface area contributed by atoms with E-state index in [9.17, 15) is 4.79 Å². The molecule has 1 atom stereocenters. The maximum Gasteiger partial charge on any atom is 0.237 e. The maximum absolute atomic E-state index is 12.0. The zero-order chi connectivity index (χ0) is 11.0. The van der Waals surface area contributed by atoms with Crippen molar-refractivity contribution >= 4 is 5.91 Å². The third kappa shape index (κ3) is 1.96. The van der Waals surface area contributed by atoms with Gasteiger partial charge in [0.15, 0.2) is 0 Å². The van der Waals surface area contributed by atoms with Crippen LogP contribution in [0.1, 0.15) is 38.5 Å². The number of hydrogen-bond donors (Lipinski definition) is 1. The zero-order valence-electron chi connectivity index (χ0n) is 9.82. The van der Waals surface area contributed by atoms with Gasteiger partial charge in [0.25, 0.3) is 0 Å². The van der Waals surface area contributed by atoms with Crippen LogP contribution in [0, 0.1) is 0 Å². The fraction of sp³-hybridized carbons (Fsp3) is 0.917. The van der Waals surface area contributed by atoms with E-state index in [1.807, 2.05) is 0 Å². The Morgan fingerprint density at radius 1 is 1.12 bits per heavy atom. The van der Waals surface area contributed by atoms with E-state index in [-0.39, 0.29) is 0 Å². The lowest BCUT2D eigenvalue weighted by Crippen LogP contribution is -2.59. The second-order valence-corrected chi connectivity index (χ2v) is 5.24. The molecule has 2 heterocycles. The van der Waals surface area contributed by atoms with Gasteiger partial charge < -0.3 is 5.32 Å². The molecule has 0 aromatic carbocycles. The molecule has 2 saturated heterocycles. The third-order valence-corrected chi connectivity index (χ3v) is 3.90. The number of hydrogen-bond acceptors (Lipinski definition) is 3. The molecule has 1 N–H and O–H groups in total. The standard InChI is InChI=1S/C12H21N3O/c16-12-4-2-8-14(15(12)10-5-6-10)11-3-1-7-13-9-11/h10-11,13H,1-9H2. The summed E-state index contributed by atoms with van der Waals surface area (Å²) in [4.78, 5) is 12.0. The van der Waals surface area contributed by atoms with Crippen molar-refractivity contribution < 1.29 is 4.79 Å². The molecule has 3 fully saturated rings. The van der Waals surface area contributed by atoms with Crippen molar-refractivity contribution in [3.05, 3.63) is 0 Å². The van der Waals surface area contributed by atoms with Gasteiger partial charge in [0.2, 0.25) is 5.91 Å². The Morgan fingerprint density at radius 3 is 2.69 bits per heavy atom. The lowest BCUT2D eigenvalue weighted by molar-refractivity contribution is -0.164. The minimum Gasteiger partial charge on any atom is -0.315 e. The number of amides is 1. The molecule has 1 aliphatic carbocycles. The molecule has 1 amide bonds. The van der Waals surface area contributed by atoms with Crippen LogP contribution in [0.2, 0.25) is 0 Å². The van der Waals surface area contributed by atoms with Crippen LogP contribution < -0.4 is 5.32 Å². The Hall–Kier alpha value is -0.610. The van der Waals surface area contributed by atoms with Crippen LogP contribution >= 0.6 is 0 Å². The van der Waals surface area contributed by atoms with Crippen LogP contribution in [0.5, 0.6) is 0 Å². The van der Waals surface area contributed by atoms with Crippen molar-refractivity contribution in [3.8, 4) is 0 Å². The predicted molar refractivity (Wildman–Crippen MR) is 61.7 cm³/mol. The van der Waals surface area contributed by atoms with Gasteiger partial charge in [-0.25, -0.2) is 5.01 Å². The van der Waals surface area contributed by atoms with Gasteiger partial charge >= 0.3 is 0 Å². The van der Waals surface area contributed by atoms with Crippen LogP contribution in [-0.2, 0) is 4.79 Å².